The monoisotopic (exact) mass is 374 g/mol. The smallest absolute Gasteiger partial charge is 0.264 e. The summed E-state index contributed by atoms with van der Waals surface area (Å²) in [5, 5.41) is 0. The fraction of sp³-hybridized carbons (Fsp3) is 0.400. The van der Waals surface area contributed by atoms with E-state index in [1.54, 1.807) is 10.8 Å². The lowest BCUT2D eigenvalue weighted by atomic mass is 10.0. The molecule has 7 nitrogen and oxygen atoms in total. The summed E-state index contributed by atoms with van der Waals surface area (Å²) in [5.74, 6) is -3.63. The topological polar surface area (TPSA) is 90.7 Å². The van der Waals surface area contributed by atoms with Crippen LogP contribution in [0.15, 0.2) is 36.9 Å². The first kappa shape index (κ1) is 17.9. The van der Waals surface area contributed by atoms with E-state index in [1.807, 2.05) is 0 Å². The molecule has 1 aromatic carbocycles. The molecule has 1 saturated heterocycles. The fourth-order valence-electron chi connectivity index (χ4n) is 2.72. The van der Waals surface area contributed by atoms with E-state index in [2.05, 4.69) is 4.98 Å². The first-order chi connectivity index (χ1) is 11.8. The summed E-state index contributed by atoms with van der Waals surface area (Å²) >= 11 is 0. The Labute approximate surface area is 142 Å². The van der Waals surface area contributed by atoms with Gasteiger partial charge in [-0.25, -0.2) is 13.8 Å². The minimum Gasteiger partial charge on any atom is -0.342 e. The third-order valence-electron chi connectivity index (χ3n) is 3.85. The minimum absolute atomic E-state index is 0.00103. The van der Waals surface area contributed by atoms with Crippen molar-refractivity contribution < 1.29 is 31.2 Å². The molecule has 10 heteroatoms. The summed E-state index contributed by atoms with van der Waals surface area (Å²) in [6.45, 7) is 0.0406. The van der Waals surface area contributed by atoms with Crippen molar-refractivity contribution in [1.82, 2.24) is 9.55 Å². The highest BCUT2D eigenvalue weighted by Gasteiger charge is 2.45. The van der Waals surface area contributed by atoms with E-state index in [-0.39, 0.29) is 25.1 Å². The lowest BCUT2D eigenvalue weighted by Gasteiger charge is -2.29. The molecule has 0 spiro atoms. The number of hydrogen-bond acceptors (Lipinski definition) is 5. The Morgan fingerprint density at radius 3 is 2.84 bits per heavy atom. The van der Waals surface area contributed by atoms with E-state index >= 15 is 0 Å². The van der Waals surface area contributed by atoms with Crippen molar-refractivity contribution in [3.63, 3.8) is 0 Å². The largest absolute Gasteiger partial charge is 0.342 e. The maximum absolute atomic E-state index is 14.3. The Bertz CT molecular complexity index is 844. The van der Waals surface area contributed by atoms with Gasteiger partial charge in [-0.2, -0.15) is 8.42 Å². The number of aromatic nitrogens is 2. The quantitative estimate of drug-likeness (QED) is 0.774. The second kappa shape index (κ2) is 6.79. The van der Waals surface area contributed by atoms with Crippen molar-refractivity contribution in [3.05, 3.63) is 54.1 Å². The zero-order valence-electron chi connectivity index (χ0n) is 13.0. The highest BCUT2D eigenvalue weighted by atomic mass is 32.2. The van der Waals surface area contributed by atoms with Crippen LogP contribution in [0.2, 0.25) is 0 Å². The van der Waals surface area contributed by atoms with Crippen molar-refractivity contribution in [1.29, 1.82) is 0 Å². The SMILES string of the molecule is O=S(=O)(O)CC[C@@H]1CO[C@@](Cn2ccnc2)(c2ccc(F)cc2F)O1. The van der Waals surface area contributed by atoms with Crippen LogP contribution in [-0.2, 0) is 31.9 Å². The normalized spacial score (nSPS) is 23.9. The van der Waals surface area contributed by atoms with Crippen molar-refractivity contribution in [3.8, 4) is 0 Å². The predicted molar refractivity (Wildman–Crippen MR) is 82.1 cm³/mol. The standard InChI is InChI=1S/C15H16F2N2O5S/c16-11-1-2-13(14(17)7-11)15(9-19-5-4-18-10-19)23-8-12(24-15)3-6-25(20,21)22/h1-2,4-5,7,10,12H,3,6,8-9H2,(H,20,21,22)/t12-,15-/m1/s1. The molecule has 0 radical (unpaired) electrons. The highest BCUT2D eigenvalue weighted by Crippen LogP contribution is 2.38. The fourth-order valence-corrected chi connectivity index (χ4v) is 3.28. The van der Waals surface area contributed by atoms with Crippen molar-refractivity contribution in [2.24, 2.45) is 0 Å². The van der Waals surface area contributed by atoms with Crippen molar-refractivity contribution >= 4 is 10.1 Å². The molecule has 0 bridgehead atoms. The highest BCUT2D eigenvalue weighted by molar-refractivity contribution is 7.85. The Morgan fingerprint density at radius 2 is 2.20 bits per heavy atom. The predicted octanol–water partition coefficient (Wildman–Crippen LogP) is 1.71. The number of halogens is 2. The van der Waals surface area contributed by atoms with Crippen LogP contribution in [0, 0.1) is 11.6 Å². The van der Waals surface area contributed by atoms with Gasteiger partial charge in [0.15, 0.2) is 0 Å². The van der Waals surface area contributed by atoms with Crippen LogP contribution in [0.1, 0.15) is 12.0 Å². The van der Waals surface area contributed by atoms with Gasteiger partial charge in [0.2, 0.25) is 5.79 Å². The maximum Gasteiger partial charge on any atom is 0.264 e. The Balaban J connectivity index is 1.88. The van der Waals surface area contributed by atoms with Gasteiger partial charge in [-0.1, -0.05) is 0 Å². The van der Waals surface area contributed by atoms with Gasteiger partial charge in [0.1, 0.15) is 11.6 Å². The van der Waals surface area contributed by atoms with Gasteiger partial charge >= 0.3 is 0 Å². The molecule has 25 heavy (non-hydrogen) atoms. The summed E-state index contributed by atoms with van der Waals surface area (Å²) < 4.78 is 71.4. The van der Waals surface area contributed by atoms with Crippen molar-refractivity contribution in [2.75, 3.05) is 12.4 Å². The Kier molecular flexibility index (Phi) is 4.87. The molecule has 1 N–H and O–H groups in total. The third kappa shape index (κ3) is 4.21. The van der Waals surface area contributed by atoms with Gasteiger partial charge in [-0.3, -0.25) is 4.55 Å². The van der Waals surface area contributed by atoms with E-state index in [1.165, 1.54) is 18.6 Å². The Morgan fingerprint density at radius 1 is 1.40 bits per heavy atom. The van der Waals surface area contributed by atoms with Gasteiger partial charge in [0.05, 0.1) is 31.3 Å². The van der Waals surface area contributed by atoms with Gasteiger partial charge in [0.25, 0.3) is 10.1 Å². The molecule has 1 aromatic heterocycles. The minimum atomic E-state index is -4.15. The van der Waals surface area contributed by atoms with Crippen LogP contribution in [0.3, 0.4) is 0 Å². The van der Waals surface area contributed by atoms with Crippen LogP contribution in [0.25, 0.3) is 0 Å². The molecule has 0 aliphatic carbocycles. The molecule has 0 amide bonds. The van der Waals surface area contributed by atoms with E-state index in [0.717, 1.165) is 12.1 Å². The molecular formula is C15H16F2N2O5S. The van der Waals surface area contributed by atoms with Gasteiger partial charge in [-0.05, 0) is 18.6 Å². The first-order valence-electron chi connectivity index (χ1n) is 7.46. The number of ether oxygens (including phenoxy) is 2. The molecule has 0 saturated carbocycles. The number of imidazole rings is 1. The Hall–Kier alpha value is -1.88. The zero-order chi connectivity index (χ0) is 18.1. The molecule has 1 aliphatic heterocycles. The van der Waals surface area contributed by atoms with E-state index in [0.29, 0.717) is 0 Å². The van der Waals surface area contributed by atoms with Crippen LogP contribution in [-0.4, -0.2) is 41.0 Å². The molecule has 2 atom stereocenters. The van der Waals surface area contributed by atoms with Gasteiger partial charge in [0, 0.05) is 24.0 Å². The van der Waals surface area contributed by atoms with Crippen LogP contribution in [0.4, 0.5) is 8.78 Å². The second-order valence-corrected chi connectivity index (χ2v) is 7.31. The molecule has 2 aromatic rings. The lowest BCUT2D eigenvalue weighted by molar-refractivity contribution is -0.189. The molecule has 0 unspecified atom stereocenters. The average Bonchev–Trinajstić information content (AvgIpc) is 3.15. The summed E-state index contributed by atoms with van der Waals surface area (Å²) in [7, 11) is -4.15. The van der Waals surface area contributed by atoms with Gasteiger partial charge in [-0.15, -0.1) is 0 Å². The second-order valence-electron chi connectivity index (χ2n) is 5.74. The molecule has 3 rings (SSSR count). The van der Waals surface area contributed by atoms with E-state index in [9.17, 15) is 17.2 Å². The van der Waals surface area contributed by atoms with Crippen LogP contribution >= 0.6 is 0 Å². The molecule has 2 heterocycles. The van der Waals surface area contributed by atoms with E-state index in [4.69, 9.17) is 14.0 Å². The summed E-state index contributed by atoms with van der Waals surface area (Å²) in [6.07, 6.45) is 3.95. The number of nitrogens with zero attached hydrogens (tertiary/aromatic N) is 2. The van der Waals surface area contributed by atoms with Gasteiger partial charge < -0.3 is 14.0 Å². The lowest BCUT2D eigenvalue weighted by Crippen LogP contribution is -2.34. The summed E-state index contributed by atoms with van der Waals surface area (Å²) in [6, 6.07) is 3.04. The van der Waals surface area contributed by atoms with Crippen LogP contribution < -0.4 is 0 Å². The average molecular weight is 374 g/mol. The first-order valence-corrected chi connectivity index (χ1v) is 9.06. The van der Waals surface area contributed by atoms with Crippen LogP contribution in [0.5, 0.6) is 0 Å². The van der Waals surface area contributed by atoms with Crippen molar-refractivity contribution in [2.45, 2.75) is 24.9 Å². The molecular weight excluding hydrogens is 358 g/mol. The third-order valence-corrected chi connectivity index (χ3v) is 4.60. The summed E-state index contributed by atoms with van der Waals surface area (Å²) in [4.78, 5) is 3.90. The molecule has 1 fully saturated rings. The maximum atomic E-state index is 14.3. The number of hydrogen-bond donors (Lipinski definition) is 1. The van der Waals surface area contributed by atoms with E-state index < -0.39 is 39.4 Å². The molecule has 1 aliphatic rings. The zero-order valence-corrected chi connectivity index (χ0v) is 13.8. The number of benzene rings is 1. The summed E-state index contributed by atoms with van der Waals surface area (Å²) in [5.41, 5.74) is -0.00282. The molecule has 136 valence electrons. The number of rotatable bonds is 6.